The van der Waals surface area contributed by atoms with Crippen molar-refractivity contribution in [3.63, 3.8) is 0 Å². The van der Waals surface area contributed by atoms with Crippen LogP contribution in [0.15, 0.2) is 59.5 Å². The Morgan fingerprint density at radius 1 is 0.630 bits per heavy atom. The van der Waals surface area contributed by atoms with Gasteiger partial charge in [0.1, 0.15) is 0 Å². The van der Waals surface area contributed by atoms with Crippen molar-refractivity contribution in [3.05, 3.63) is 129 Å². The fourth-order valence-electron chi connectivity index (χ4n) is 2.30. The van der Waals surface area contributed by atoms with E-state index in [1.807, 2.05) is 75.6 Å². The van der Waals surface area contributed by atoms with Crippen LogP contribution in [0.3, 0.4) is 0 Å². The first kappa shape index (κ1) is 22.2. The fourth-order valence-corrected chi connectivity index (χ4v) is 3.15. The molecule has 4 rings (SSSR count). The summed E-state index contributed by atoms with van der Waals surface area (Å²) in [5.74, 6) is 8.42. The van der Waals surface area contributed by atoms with Gasteiger partial charge < -0.3 is 0 Å². The Balaban J connectivity index is 0.000000379. The number of thioether (sulfide) groups is 1. The first-order valence-corrected chi connectivity index (χ1v) is 9.56. The van der Waals surface area contributed by atoms with Crippen LogP contribution in [0.4, 0.5) is 0 Å². The first-order chi connectivity index (χ1) is 12.9. The van der Waals surface area contributed by atoms with Gasteiger partial charge in [-0.25, -0.2) is 0 Å². The van der Waals surface area contributed by atoms with Gasteiger partial charge in [-0.05, 0) is 87.6 Å². The molecular formula is C25H20FeS. The van der Waals surface area contributed by atoms with Crippen LogP contribution in [0.25, 0.3) is 0 Å². The van der Waals surface area contributed by atoms with E-state index >= 15 is 0 Å². The van der Waals surface area contributed by atoms with Crippen LogP contribution in [0.1, 0.15) is 11.1 Å². The van der Waals surface area contributed by atoms with E-state index in [2.05, 4.69) is 60.4 Å². The average molecular weight is 408 g/mol. The molecule has 0 heterocycles. The van der Waals surface area contributed by atoms with Crippen molar-refractivity contribution in [3.8, 4) is 11.8 Å². The fraction of sp³-hybridized carbons (Fsp3) is 0.0400. The van der Waals surface area contributed by atoms with Gasteiger partial charge in [0.2, 0.25) is 0 Å². The van der Waals surface area contributed by atoms with Crippen LogP contribution < -0.4 is 0 Å². The Morgan fingerprint density at radius 2 is 1.22 bits per heavy atom. The molecule has 2 aromatic carbocycles. The van der Waals surface area contributed by atoms with E-state index in [0.29, 0.717) is 0 Å². The molecular weight excluding hydrogens is 388 g/mol. The Labute approximate surface area is 180 Å². The Kier molecular flexibility index (Phi) is 10.8. The molecule has 2 fully saturated rings. The summed E-state index contributed by atoms with van der Waals surface area (Å²) in [6.07, 6.45) is 18.1. The van der Waals surface area contributed by atoms with Crippen molar-refractivity contribution in [2.24, 2.45) is 0 Å². The van der Waals surface area contributed by atoms with Crippen molar-refractivity contribution in [1.82, 2.24) is 0 Å². The van der Waals surface area contributed by atoms with E-state index in [1.165, 1.54) is 10.5 Å². The summed E-state index contributed by atoms with van der Waals surface area (Å²) in [6, 6.07) is 19.0. The summed E-state index contributed by atoms with van der Waals surface area (Å²) in [6.45, 7) is 0. The van der Waals surface area contributed by atoms with Crippen LogP contribution in [0, 0.1) is 75.5 Å². The van der Waals surface area contributed by atoms with Gasteiger partial charge in [0.15, 0.2) is 0 Å². The van der Waals surface area contributed by atoms with Gasteiger partial charge in [-0.1, -0.05) is 42.2 Å². The summed E-state index contributed by atoms with van der Waals surface area (Å²) in [4.78, 5) is 1.28. The summed E-state index contributed by atoms with van der Waals surface area (Å²) >= 11 is 1.85. The maximum atomic E-state index is 3.19. The third-order valence-electron chi connectivity index (χ3n) is 3.67. The second-order valence-corrected chi connectivity index (χ2v) is 6.73. The molecule has 0 unspecified atom stereocenters. The smallest absolute Gasteiger partial charge is 0.0558 e. The minimum absolute atomic E-state index is 0. The number of benzene rings is 2. The van der Waals surface area contributed by atoms with Crippen molar-refractivity contribution in [2.45, 2.75) is 10.6 Å². The summed E-state index contributed by atoms with van der Waals surface area (Å²) < 4.78 is 0. The van der Waals surface area contributed by atoms with Crippen molar-refractivity contribution in [2.75, 3.05) is 0 Å². The van der Waals surface area contributed by atoms with Crippen LogP contribution in [-0.2, 0) is 22.8 Å². The third kappa shape index (κ3) is 8.61. The minimum Gasteiger partial charge on any atom is -0.121 e. The zero-order valence-electron chi connectivity index (χ0n) is 14.9. The average Bonchev–Trinajstić information content (AvgIpc) is 3.43. The van der Waals surface area contributed by atoms with Crippen LogP contribution in [-0.4, -0.2) is 0 Å². The van der Waals surface area contributed by atoms with Crippen molar-refractivity contribution < 1.29 is 17.1 Å². The molecule has 27 heavy (non-hydrogen) atoms. The quantitative estimate of drug-likeness (QED) is 0.354. The molecule has 0 aromatic heterocycles. The standard InChI is InChI=1S/C20H15S.C5H5.Fe/c1-2-8-19(9-3-1)16-21-20-14-12-18(13-15-20)11-10-17-6-4-5-7-17;1-2-4-5-3-1;/h1-9,12-15H,16H2;1-5H;. The van der Waals surface area contributed by atoms with Gasteiger partial charge in [-0.2, -0.15) is 0 Å². The molecule has 10 radical (unpaired) electrons. The Bertz CT molecular complexity index is 679. The third-order valence-corrected chi connectivity index (χ3v) is 4.76. The topological polar surface area (TPSA) is 0 Å². The van der Waals surface area contributed by atoms with E-state index in [1.54, 1.807) is 0 Å². The molecule has 2 heteroatoms. The molecule has 134 valence electrons. The van der Waals surface area contributed by atoms with Gasteiger partial charge >= 0.3 is 0 Å². The molecule has 0 saturated heterocycles. The van der Waals surface area contributed by atoms with Crippen molar-refractivity contribution in [1.29, 1.82) is 0 Å². The molecule has 2 aliphatic rings. The number of rotatable bonds is 3. The summed E-state index contributed by atoms with van der Waals surface area (Å²) in [5, 5.41) is 0. The van der Waals surface area contributed by atoms with E-state index in [4.69, 9.17) is 0 Å². The van der Waals surface area contributed by atoms with Gasteiger partial charge in [0, 0.05) is 33.3 Å². The molecule has 0 bridgehead atoms. The van der Waals surface area contributed by atoms with E-state index in [9.17, 15) is 0 Å². The largest absolute Gasteiger partial charge is 0.121 e. The minimum atomic E-state index is 0. The second kappa shape index (κ2) is 13.1. The summed E-state index contributed by atoms with van der Waals surface area (Å²) in [5.41, 5.74) is 2.41. The van der Waals surface area contributed by atoms with E-state index < -0.39 is 0 Å². The van der Waals surface area contributed by atoms with Gasteiger partial charge in [-0.3, -0.25) is 0 Å². The maximum Gasteiger partial charge on any atom is 0.0558 e. The van der Waals surface area contributed by atoms with Crippen molar-refractivity contribution >= 4 is 11.8 Å². The molecule has 2 saturated carbocycles. The monoisotopic (exact) mass is 408 g/mol. The first-order valence-electron chi connectivity index (χ1n) is 8.57. The van der Waals surface area contributed by atoms with Crippen LogP contribution in [0.5, 0.6) is 0 Å². The summed E-state index contributed by atoms with van der Waals surface area (Å²) in [7, 11) is 0. The predicted octanol–water partition coefficient (Wildman–Crippen LogP) is 5.75. The Morgan fingerprint density at radius 3 is 1.81 bits per heavy atom. The normalized spacial score (nSPS) is 15.9. The van der Waals surface area contributed by atoms with E-state index in [0.717, 1.165) is 17.2 Å². The number of hydrogen-bond donors (Lipinski definition) is 0. The van der Waals surface area contributed by atoms with Gasteiger partial charge in [-0.15, -0.1) is 11.8 Å². The van der Waals surface area contributed by atoms with E-state index in [-0.39, 0.29) is 17.1 Å². The predicted molar refractivity (Wildman–Crippen MR) is 111 cm³/mol. The Hall–Kier alpha value is -1.13. The van der Waals surface area contributed by atoms with Crippen LogP contribution >= 0.6 is 11.8 Å². The molecule has 0 N–H and O–H groups in total. The zero-order chi connectivity index (χ0) is 17.9. The molecule has 0 aliphatic heterocycles. The zero-order valence-corrected chi connectivity index (χ0v) is 16.8. The molecule has 0 nitrogen and oxygen atoms in total. The van der Waals surface area contributed by atoms with Gasteiger partial charge in [0.25, 0.3) is 0 Å². The molecule has 2 aliphatic carbocycles. The molecule has 0 spiro atoms. The number of hydrogen-bond acceptors (Lipinski definition) is 1. The molecule has 0 amide bonds. The molecule has 0 atom stereocenters. The van der Waals surface area contributed by atoms with Gasteiger partial charge in [0.05, 0.1) is 5.92 Å². The molecule has 2 aromatic rings. The second-order valence-electron chi connectivity index (χ2n) is 5.68. The maximum absolute atomic E-state index is 3.19. The van der Waals surface area contributed by atoms with Crippen LogP contribution in [0.2, 0.25) is 0 Å². The SMILES string of the molecule is C(#Cc1ccc(SCc2ccccc2)cc1)[C]1[CH][CH][CH][CH]1.[CH]1[CH][CH][CH][CH]1.[Fe].